The van der Waals surface area contributed by atoms with Crippen molar-refractivity contribution in [3.05, 3.63) is 23.3 Å². The van der Waals surface area contributed by atoms with Crippen LogP contribution < -0.4 is 15.2 Å². The number of carboxylic acids is 1. The van der Waals surface area contributed by atoms with Gasteiger partial charge in [-0.1, -0.05) is 13.8 Å². The summed E-state index contributed by atoms with van der Waals surface area (Å²) in [6.45, 7) is 4.13. The first-order valence-electron chi connectivity index (χ1n) is 6.63. The van der Waals surface area contributed by atoms with Crippen LogP contribution in [0.25, 0.3) is 0 Å². The summed E-state index contributed by atoms with van der Waals surface area (Å²) in [4.78, 5) is 10.7. The second-order valence-electron chi connectivity index (χ2n) is 5.03. The van der Waals surface area contributed by atoms with E-state index in [9.17, 15) is 4.79 Å². The maximum Gasteiger partial charge on any atom is 0.303 e. The van der Waals surface area contributed by atoms with Gasteiger partial charge in [-0.2, -0.15) is 0 Å². The van der Waals surface area contributed by atoms with E-state index >= 15 is 0 Å². The highest BCUT2D eigenvalue weighted by molar-refractivity contribution is 5.66. The molecule has 112 valence electrons. The third-order valence-corrected chi connectivity index (χ3v) is 3.27. The number of methoxy groups -OCH3 is 2. The zero-order valence-electron chi connectivity index (χ0n) is 12.5. The van der Waals surface area contributed by atoms with Crippen LogP contribution in [0.15, 0.2) is 12.1 Å². The molecule has 0 heterocycles. The van der Waals surface area contributed by atoms with Crippen LogP contribution in [0.1, 0.15) is 49.8 Å². The third-order valence-electron chi connectivity index (χ3n) is 3.27. The van der Waals surface area contributed by atoms with E-state index in [0.29, 0.717) is 12.2 Å². The summed E-state index contributed by atoms with van der Waals surface area (Å²) in [5.74, 6) is 0.813. The van der Waals surface area contributed by atoms with Gasteiger partial charge in [-0.15, -0.1) is 0 Å². The quantitative estimate of drug-likeness (QED) is 0.803. The van der Waals surface area contributed by atoms with Gasteiger partial charge < -0.3 is 20.3 Å². The molecular formula is C15H23NO4. The van der Waals surface area contributed by atoms with E-state index in [1.165, 1.54) is 0 Å². The maximum absolute atomic E-state index is 10.7. The summed E-state index contributed by atoms with van der Waals surface area (Å²) in [7, 11) is 3.18. The Morgan fingerprint density at radius 2 is 1.75 bits per heavy atom. The molecule has 0 amide bonds. The van der Waals surface area contributed by atoms with Gasteiger partial charge in [0.2, 0.25) is 0 Å². The van der Waals surface area contributed by atoms with E-state index in [1.54, 1.807) is 14.2 Å². The Labute approximate surface area is 119 Å². The van der Waals surface area contributed by atoms with Crippen molar-refractivity contribution in [3.63, 3.8) is 0 Å². The number of rotatable bonds is 7. The van der Waals surface area contributed by atoms with Crippen LogP contribution in [0.3, 0.4) is 0 Å². The number of carbonyl (C=O) groups is 1. The minimum Gasteiger partial charge on any atom is -0.496 e. The van der Waals surface area contributed by atoms with Gasteiger partial charge in [0.25, 0.3) is 0 Å². The number of hydrogen-bond acceptors (Lipinski definition) is 4. The molecule has 0 spiro atoms. The topological polar surface area (TPSA) is 81.8 Å². The van der Waals surface area contributed by atoms with Crippen molar-refractivity contribution >= 4 is 5.97 Å². The molecule has 5 nitrogen and oxygen atoms in total. The Morgan fingerprint density at radius 3 is 2.20 bits per heavy atom. The Bertz CT molecular complexity index is 471. The molecule has 20 heavy (non-hydrogen) atoms. The lowest BCUT2D eigenvalue weighted by Crippen LogP contribution is -2.14. The smallest absolute Gasteiger partial charge is 0.303 e. The predicted octanol–water partition coefficient (Wildman–Crippen LogP) is 2.69. The number of benzene rings is 1. The fraction of sp³-hybridized carbons (Fsp3) is 0.533. The van der Waals surface area contributed by atoms with E-state index in [1.807, 2.05) is 12.1 Å². The summed E-state index contributed by atoms with van der Waals surface area (Å²) in [5, 5.41) is 8.75. The lowest BCUT2D eigenvalue weighted by atomic mass is 9.94. The molecule has 0 aromatic heterocycles. The van der Waals surface area contributed by atoms with Crippen molar-refractivity contribution in [2.24, 2.45) is 5.73 Å². The van der Waals surface area contributed by atoms with Crippen molar-refractivity contribution in [1.29, 1.82) is 0 Å². The summed E-state index contributed by atoms with van der Waals surface area (Å²) in [5.41, 5.74) is 7.95. The van der Waals surface area contributed by atoms with E-state index < -0.39 is 5.97 Å². The highest BCUT2D eigenvalue weighted by Gasteiger charge is 2.18. The molecule has 1 aromatic carbocycles. The van der Waals surface area contributed by atoms with Crippen LogP contribution in [0, 0.1) is 0 Å². The molecule has 1 rings (SSSR count). The van der Waals surface area contributed by atoms with Gasteiger partial charge in [-0.25, -0.2) is 0 Å². The average Bonchev–Trinajstić information content (AvgIpc) is 2.42. The van der Waals surface area contributed by atoms with Crippen LogP contribution >= 0.6 is 0 Å². The molecule has 0 fully saturated rings. The molecule has 3 N–H and O–H groups in total. The average molecular weight is 281 g/mol. The van der Waals surface area contributed by atoms with Crippen LogP contribution in [0.2, 0.25) is 0 Å². The van der Waals surface area contributed by atoms with Gasteiger partial charge in [0.1, 0.15) is 11.5 Å². The first-order valence-corrected chi connectivity index (χ1v) is 6.63. The van der Waals surface area contributed by atoms with E-state index in [0.717, 1.165) is 16.9 Å². The normalized spacial score (nSPS) is 12.3. The van der Waals surface area contributed by atoms with Crippen molar-refractivity contribution in [3.8, 4) is 11.5 Å². The third kappa shape index (κ3) is 3.87. The van der Waals surface area contributed by atoms with Crippen LogP contribution in [-0.4, -0.2) is 25.3 Å². The van der Waals surface area contributed by atoms with Gasteiger partial charge >= 0.3 is 5.97 Å². The Hall–Kier alpha value is -1.75. The minimum absolute atomic E-state index is 0.0351. The van der Waals surface area contributed by atoms with Gasteiger partial charge in [0.15, 0.2) is 0 Å². The van der Waals surface area contributed by atoms with Gasteiger partial charge in [-0.05, 0) is 24.0 Å². The fourth-order valence-electron chi connectivity index (χ4n) is 2.12. The summed E-state index contributed by atoms with van der Waals surface area (Å²) in [6.07, 6.45) is 0.406. The summed E-state index contributed by atoms with van der Waals surface area (Å²) >= 11 is 0. The number of carboxylic acid groups (broad SMARTS) is 1. The highest BCUT2D eigenvalue weighted by atomic mass is 16.5. The molecule has 5 heteroatoms. The molecule has 0 aliphatic rings. The van der Waals surface area contributed by atoms with Crippen LogP contribution in [-0.2, 0) is 4.79 Å². The van der Waals surface area contributed by atoms with E-state index in [2.05, 4.69) is 13.8 Å². The zero-order valence-corrected chi connectivity index (χ0v) is 12.5. The minimum atomic E-state index is -0.850. The SMILES string of the molecule is COc1cc(OC)c(C(N)CCC(=O)O)cc1C(C)C. The first kappa shape index (κ1) is 16.3. The number of aliphatic carboxylic acids is 1. The van der Waals surface area contributed by atoms with Gasteiger partial charge in [0.05, 0.1) is 14.2 Å². The van der Waals surface area contributed by atoms with Crippen molar-refractivity contribution < 1.29 is 19.4 Å². The lowest BCUT2D eigenvalue weighted by Gasteiger charge is -2.20. The van der Waals surface area contributed by atoms with Crippen molar-refractivity contribution in [2.45, 2.75) is 38.6 Å². The molecule has 1 atom stereocenters. The van der Waals surface area contributed by atoms with Crippen LogP contribution in [0.5, 0.6) is 11.5 Å². The van der Waals surface area contributed by atoms with Crippen LogP contribution in [0.4, 0.5) is 0 Å². The standard InChI is InChI=1S/C15H23NO4/c1-9(2)10-7-11(12(16)5-6-15(17)18)14(20-4)8-13(10)19-3/h7-9,12H,5-6,16H2,1-4H3,(H,17,18). The molecule has 0 radical (unpaired) electrons. The van der Waals surface area contributed by atoms with Crippen molar-refractivity contribution in [1.82, 2.24) is 0 Å². The van der Waals surface area contributed by atoms with E-state index in [-0.39, 0.29) is 18.4 Å². The molecule has 1 unspecified atom stereocenters. The van der Waals surface area contributed by atoms with Gasteiger partial charge in [0, 0.05) is 24.1 Å². The number of hydrogen-bond donors (Lipinski definition) is 2. The number of ether oxygens (including phenoxy) is 2. The molecule has 0 saturated carbocycles. The molecule has 0 aliphatic heterocycles. The Balaban J connectivity index is 3.16. The first-order chi connectivity index (χ1) is 9.40. The molecule has 1 aromatic rings. The fourth-order valence-corrected chi connectivity index (χ4v) is 2.12. The maximum atomic E-state index is 10.7. The van der Waals surface area contributed by atoms with Crippen molar-refractivity contribution in [2.75, 3.05) is 14.2 Å². The largest absolute Gasteiger partial charge is 0.496 e. The summed E-state index contributed by atoms with van der Waals surface area (Å²) in [6, 6.07) is 3.39. The monoisotopic (exact) mass is 281 g/mol. The second-order valence-corrected chi connectivity index (χ2v) is 5.03. The second kappa shape index (κ2) is 7.14. The highest BCUT2D eigenvalue weighted by Crippen LogP contribution is 2.36. The predicted molar refractivity (Wildman–Crippen MR) is 77.4 cm³/mol. The van der Waals surface area contributed by atoms with Gasteiger partial charge in [-0.3, -0.25) is 4.79 Å². The van der Waals surface area contributed by atoms with E-state index in [4.69, 9.17) is 20.3 Å². The Kier molecular flexibility index (Phi) is 5.82. The zero-order chi connectivity index (χ0) is 15.3. The molecular weight excluding hydrogens is 258 g/mol. The number of nitrogens with two attached hydrogens (primary N) is 1. The molecule has 0 bridgehead atoms. The molecule has 0 saturated heterocycles. The molecule has 0 aliphatic carbocycles. The lowest BCUT2D eigenvalue weighted by molar-refractivity contribution is -0.137. The summed E-state index contributed by atoms with van der Waals surface area (Å²) < 4.78 is 10.7. The Morgan fingerprint density at radius 1 is 1.20 bits per heavy atom.